The van der Waals surface area contributed by atoms with E-state index in [0.717, 1.165) is 28.3 Å². The van der Waals surface area contributed by atoms with Crippen LogP contribution in [0, 0.1) is 10.1 Å². The van der Waals surface area contributed by atoms with Gasteiger partial charge >= 0.3 is 5.69 Å². The first-order chi connectivity index (χ1) is 27.4. The number of nitrogens with zero attached hydrogens (tertiary/aromatic N) is 8. The molecule has 0 spiro atoms. The first kappa shape index (κ1) is 39.7. The van der Waals surface area contributed by atoms with Gasteiger partial charge in [0.1, 0.15) is 11.4 Å². The highest BCUT2D eigenvalue weighted by Gasteiger charge is 2.29. The number of hydrogen-bond acceptors (Lipinski definition) is 15. The number of fused-ring (bicyclic) bond motifs is 2. The number of pyridine rings is 1. The highest BCUT2D eigenvalue weighted by Crippen LogP contribution is 2.32. The van der Waals surface area contributed by atoms with Gasteiger partial charge in [-0.25, -0.2) is 27.9 Å². The van der Waals surface area contributed by atoms with Gasteiger partial charge in [-0.15, -0.1) is 23.1 Å². The van der Waals surface area contributed by atoms with Crippen molar-refractivity contribution in [2.45, 2.75) is 41.6 Å². The minimum Gasteiger partial charge on any atom is -0.361 e. The van der Waals surface area contributed by atoms with Gasteiger partial charge in [-0.3, -0.25) is 19.7 Å². The third kappa shape index (κ3) is 9.53. The number of carbonyl (C=O) groups is 2. The molecule has 6 aromatic rings. The van der Waals surface area contributed by atoms with Crippen LogP contribution in [-0.4, -0.2) is 99.1 Å². The Balaban J connectivity index is 1.02. The molecule has 1 N–H and O–H groups in total. The lowest BCUT2D eigenvalue weighted by atomic mass is 9.92. The molecule has 0 amide bonds. The highest BCUT2D eigenvalue weighted by molar-refractivity contribution is 7.99. The Hall–Kier alpha value is -5.56. The summed E-state index contributed by atoms with van der Waals surface area (Å²) < 4.78 is 28.6. The first-order valence-corrected chi connectivity index (χ1v) is 21.6. The monoisotopic (exact) mass is 825 g/mol. The lowest BCUT2D eigenvalue weighted by Crippen LogP contribution is -2.32. The van der Waals surface area contributed by atoms with Crippen LogP contribution in [0.3, 0.4) is 0 Å². The first-order valence-electron chi connectivity index (χ1n) is 18.1. The molecule has 1 atom stereocenters. The molecular weight excluding hydrogens is 787 g/mol. The number of nitro groups is 1. The van der Waals surface area contributed by atoms with E-state index in [1.807, 2.05) is 72.4 Å². The predicted molar refractivity (Wildman–Crippen MR) is 219 cm³/mol. The SMILES string of the molecule is CN(C)CC[C@H](CSc1ccccc1)Nc1ncc(S(=O)(=O)CC(=O)c2csc(N3CCc4cccc(C(=O)Cc5cn6ncccc6n5)c4C3)n2)cc1[N+](=O)[O-]. The standard InChI is InChI=1S/C39H39N9O6S3/c1-45(2)16-14-27(23-55-29-9-4-3-5-10-29)43-38-34(48(51)52)19-30(20-40-38)57(53,54)25-36(50)33-24-56-39(44-33)46-17-13-26-8-6-11-31(32(26)22-46)35(49)18-28-21-47-37(42-28)12-7-15-41-47/h3-12,15,19-21,24,27H,13-14,16-18,22-23,25H2,1-2H3,(H,40,43)/t27-/m1/s1. The summed E-state index contributed by atoms with van der Waals surface area (Å²) in [6.45, 7) is 1.67. The smallest absolute Gasteiger partial charge is 0.312 e. The van der Waals surface area contributed by atoms with Crippen molar-refractivity contribution in [1.29, 1.82) is 0 Å². The van der Waals surface area contributed by atoms with Gasteiger partial charge in [0.05, 0.1) is 28.1 Å². The third-order valence-corrected chi connectivity index (χ3v) is 13.1. The molecule has 0 aliphatic carbocycles. The van der Waals surface area contributed by atoms with Crippen molar-refractivity contribution < 1.29 is 22.9 Å². The van der Waals surface area contributed by atoms with Gasteiger partial charge < -0.3 is 15.1 Å². The van der Waals surface area contributed by atoms with E-state index in [2.05, 4.69) is 25.4 Å². The van der Waals surface area contributed by atoms with E-state index in [0.29, 0.717) is 60.3 Å². The molecule has 0 fully saturated rings. The van der Waals surface area contributed by atoms with Crippen LogP contribution in [0.1, 0.15) is 44.1 Å². The molecule has 15 nitrogen and oxygen atoms in total. The minimum absolute atomic E-state index is 0.0328. The molecule has 7 rings (SSSR count). The maximum Gasteiger partial charge on any atom is 0.312 e. The normalized spacial score (nSPS) is 13.4. The Bertz CT molecular complexity index is 2510. The van der Waals surface area contributed by atoms with E-state index >= 15 is 0 Å². The Morgan fingerprint density at radius 1 is 1.07 bits per heavy atom. The molecule has 1 aliphatic heterocycles. The van der Waals surface area contributed by atoms with Crippen LogP contribution in [-0.2, 0) is 29.2 Å². The maximum atomic E-state index is 13.5. The zero-order valence-electron chi connectivity index (χ0n) is 31.1. The molecule has 5 heterocycles. The van der Waals surface area contributed by atoms with Crippen molar-refractivity contribution in [1.82, 2.24) is 29.5 Å². The number of imidazole rings is 1. The molecule has 18 heteroatoms. The van der Waals surface area contributed by atoms with Crippen LogP contribution in [0.4, 0.5) is 16.6 Å². The van der Waals surface area contributed by atoms with E-state index in [4.69, 9.17) is 0 Å². The molecule has 0 saturated carbocycles. The zero-order valence-corrected chi connectivity index (χ0v) is 33.6. The average Bonchev–Trinajstić information content (AvgIpc) is 3.86. The Kier molecular flexibility index (Phi) is 12.0. The number of hydrogen-bond donors (Lipinski definition) is 1. The molecule has 0 saturated heterocycles. The number of rotatable bonds is 17. The van der Waals surface area contributed by atoms with Gasteiger partial charge in [-0.1, -0.05) is 36.4 Å². The Labute approximate surface area is 337 Å². The summed E-state index contributed by atoms with van der Waals surface area (Å²) in [5, 5.41) is 21.6. The fourth-order valence-corrected chi connectivity index (χ4v) is 9.49. The number of aromatic nitrogens is 5. The van der Waals surface area contributed by atoms with E-state index in [-0.39, 0.29) is 29.8 Å². The van der Waals surface area contributed by atoms with Gasteiger partial charge in [0.2, 0.25) is 5.82 Å². The van der Waals surface area contributed by atoms with E-state index < -0.39 is 36.9 Å². The van der Waals surface area contributed by atoms with Crippen molar-refractivity contribution in [2.24, 2.45) is 0 Å². The second-order valence-electron chi connectivity index (χ2n) is 13.8. The molecule has 2 aromatic carbocycles. The Morgan fingerprint density at radius 3 is 2.67 bits per heavy atom. The summed E-state index contributed by atoms with van der Waals surface area (Å²) >= 11 is 2.80. The molecule has 0 unspecified atom stereocenters. The minimum atomic E-state index is -4.33. The number of nitrogens with one attached hydrogen (secondary N) is 1. The van der Waals surface area contributed by atoms with E-state index in [9.17, 15) is 28.1 Å². The van der Waals surface area contributed by atoms with Crippen molar-refractivity contribution in [3.05, 3.63) is 129 Å². The number of sulfone groups is 1. The number of thiazole rings is 1. The fourth-order valence-electron chi connectivity index (χ4n) is 6.47. The summed E-state index contributed by atoms with van der Waals surface area (Å²) in [6, 6.07) is 19.8. The lowest BCUT2D eigenvalue weighted by molar-refractivity contribution is -0.384. The van der Waals surface area contributed by atoms with Crippen molar-refractivity contribution in [2.75, 3.05) is 48.9 Å². The zero-order chi connectivity index (χ0) is 40.1. The summed E-state index contributed by atoms with van der Waals surface area (Å²) in [7, 11) is -0.460. The summed E-state index contributed by atoms with van der Waals surface area (Å²) in [5.74, 6) is -1.23. The predicted octanol–water partition coefficient (Wildman–Crippen LogP) is 5.66. The second-order valence-corrected chi connectivity index (χ2v) is 17.7. The van der Waals surface area contributed by atoms with Gasteiger partial charge in [0.15, 0.2) is 32.2 Å². The van der Waals surface area contributed by atoms with Gasteiger partial charge in [-0.2, -0.15) is 5.10 Å². The summed E-state index contributed by atoms with van der Waals surface area (Å²) in [6.07, 6.45) is 5.84. The van der Waals surface area contributed by atoms with Gasteiger partial charge in [0, 0.05) is 59.2 Å². The van der Waals surface area contributed by atoms with E-state index in [1.165, 1.54) is 16.7 Å². The molecule has 0 bridgehead atoms. The summed E-state index contributed by atoms with van der Waals surface area (Å²) in [5.41, 5.74) is 3.23. The largest absolute Gasteiger partial charge is 0.361 e. The van der Waals surface area contributed by atoms with Crippen molar-refractivity contribution >= 4 is 66.8 Å². The van der Waals surface area contributed by atoms with E-state index in [1.54, 1.807) is 40.8 Å². The fraction of sp³-hybridized carbons (Fsp3) is 0.282. The van der Waals surface area contributed by atoms with Crippen molar-refractivity contribution in [3.8, 4) is 0 Å². The number of benzene rings is 2. The number of Topliss-reactive ketones (excluding diaryl/α,β-unsaturated/α-hetero) is 2. The number of ketones is 2. The quantitative estimate of drug-likeness (QED) is 0.0514. The second kappa shape index (κ2) is 17.3. The van der Waals surface area contributed by atoms with Crippen LogP contribution in [0.2, 0.25) is 0 Å². The van der Waals surface area contributed by atoms with Crippen LogP contribution < -0.4 is 10.2 Å². The van der Waals surface area contributed by atoms with Gasteiger partial charge in [0.25, 0.3) is 0 Å². The molecule has 0 radical (unpaired) electrons. The number of thioether (sulfide) groups is 1. The van der Waals surface area contributed by atoms with Crippen LogP contribution in [0.25, 0.3) is 5.65 Å². The molecule has 4 aromatic heterocycles. The van der Waals surface area contributed by atoms with Crippen LogP contribution >= 0.6 is 23.1 Å². The molecule has 1 aliphatic rings. The number of carbonyl (C=O) groups excluding carboxylic acids is 2. The summed E-state index contributed by atoms with van der Waals surface area (Å²) in [4.78, 5) is 56.2. The molecule has 294 valence electrons. The van der Waals surface area contributed by atoms with Gasteiger partial charge in [-0.05, 0) is 68.9 Å². The van der Waals surface area contributed by atoms with Crippen molar-refractivity contribution in [3.63, 3.8) is 0 Å². The Morgan fingerprint density at radius 2 is 1.89 bits per heavy atom. The molecule has 57 heavy (non-hydrogen) atoms. The lowest BCUT2D eigenvalue weighted by Gasteiger charge is -2.29. The maximum absolute atomic E-state index is 13.5. The van der Waals surface area contributed by atoms with Crippen LogP contribution in [0.15, 0.2) is 100 Å². The highest BCUT2D eigenvalue weighted by atomic mass is 32.2. The number of anilines is 2. The molecular formula is C39H39N9O6S3. The average molecular weight is 826 g/mol. The topological polar surface area (TPSA) is 186 Å². The third-order valence-electron chi connectivity index (χ3n) is 9.43. The van der Waals surface area contributed by atoms with Crippen LogP contribution in [0.5, 0.6) is 0 Å².